The van der Waals surface area contributed by atoms with Gasteiger partial charge in [-0.2, -0.15) is 0 Å². The van der Waals surface area contributed by atoms with E-state index in [1.807, 2.05) is 16.3 Å². The van der Waals surface area contributed by atoms with Crippen molar-refractivity contribution >= 4 is 34.3 Å². The number of hydrogen-bond donors (Lipinski definition) is 0. The predicted molar refractivity (Wildman–Crippen MR) is 98.3 cm³/mol. The molecule has 0 unspecified atom stereocenters. The van der Waals surface area contributed by atoms with E-state index in [-0.39, 0.29) is 17.6 Å². The summed E-state index contributed by atoms with van der Waals surface area (Å²) in [4.78, 5) is 27.8. The molecular weight excluding hydrogens is 356 g/mol. The Morgan fingerprint density at radius 1 is 1.12 bits per heavy atom. The summed E-state index contributed by atoms with van der Waals surface area (Å²) in [5.74, 6) is -0.0925. The fourth-order valence-corrected chi connectivity index (χ4v) is 4.94. The Hall–Kier alpha value is -2.51. The zero-order valence-corrected chi connectivity index (χ0v) is 14.8. The minimum absolute atomic E-state index is 0.00915. The Bertz CT molecular complexity index is 916. The number of hydrogen-bond acceptors (Lipinski definition) is 5. The van der Waals surface area contributed by atoms with Crippen LogP contribution in [-0.2, 0) is 6.42 Å². The van der Waals surface area contributed by atoms with E-state index >= 15 is 0 Å². The van der Waals surface area contributed by atoms with Crippen molar-refractivity contribution in [3.05, 3.63) is 84.2 Å². The highest BCUT2D eigenvalue weighted by atomic mass is 32.1. The predicted octanol–water partition coefficient (Wildman–Crippen LogP) is 4.51. The molecule has 0 fully saturated rings. The van der Waals surface area contributed by atoms with Gasteiger partial charge in [-0.25, -0.2) is 0 Å². The van der Waals surface area contributed by atoms with Crippen molar-refractivity contribution in [3.63, 3.8) is 0 Å². The van der Waals surface area contributed by atoms with Crippen LogP contribution in [0.1, 0.15) is 31.7 Å². The third-order valence-electron chi connectivity index (χ3n) is 4.36. The Morgan fingerprint density at radius 2 is 1.92 bits per heavy atom. The molecule has 126 valence electrons. The van der Waals surface area contributed by atoms with E-state index in [2.05, 4.69) is 17.5 Å². The number of non-ortho nitro benzene ring substituents is 1. The normalized spacial score (nSPS) is 16.5. The molecule has 25 heavy (non-hydrogen) atoms. The molecule has 2 aromatic heterocycles. The van der Waals surface area contributed by atoms with E-state index in [0.717, 1.165) is 11.3 Å². The summed E-state index contributed by atoms with van der Waals surface area (Å²) in [6.45, 7) is 0.645. The highest BCUT2D eigenvalue weighted by Crippen LogP contribution is 2.40. The molecule has 0 saturated heterocycles. The average molecular weight is 370 g/mol. The molecule has 1 aliphatic rings. The molecule has 1 aliphatic heterocycles. The highest BCUT2D eigenvalue weighted by Gasteiger charge is 2.33. The van der Waals surface area contributed by atoms with Crippen LogP contribution in [0.15, 0.2) is 53.2 Å². The molecule has 0 radical (unpaired) electrons. The summed E-state index contributed by atoms with van der Waals surface area (Å²) in [6.07, 6.45) is 0.841. The van der Waals surface area contributed by atoms with Crippen LogP contribution in [0.25, 0.3) is 0 Å². The Morgan fingerprint density at radius 3 is 2.60 bits per heavy atom. The fourth-order valence-electron chi connectivity index (χ4n) is 3.18. The van der Waals surface area contributed by atoms with E-state index in [4.69, 9.17) is 0 Å². The quantitative estimate of drug-likeness (QED) is 0.503. The minimum atomic E-state index is -0.457. The van der Waals surface area contributed by atoms with Gasteiger partial charge in [0.05, 0.1) is 11.0 Å². The second-order valence-corrected chi connectivity index (χ2v) is 7.75. The summed E-state index contributed by atoms with van der Waals surface area (Å²) in [5, 5.41) is 14.9. The number of amides is 1. The van der Waals surface area contributed by atoms with E-state index in [0.29, 0.717) is 12.1 Å². The van der Waals surface area contributed by atoms with Crippen LogP contribution in [0.5, 0.6) is 0 Å². The lowest BCUT2D eigenvalue weighted by atomic mass is 9.97. The second kappa shape index (κ2) is 6.42. The van der Waals surface area contributed by atoms with Crippen molar-refractivity contribution in [1.29, 1.82) is 0 Å². The van der Waals surface area contributed by atoms with Crippen molar-refractivity contribution in [3.8, 4) is 0 Å². The summed E-state index contributed by atoms with van der Waals surface area (Å²) >= 11 is 3.37. The van der Waals surface area contributed by atoms with Crippen LogP contribution in [0.4, 0.5) is 5.69 Å². The van der Waals surface area contributed by atoms with Gasteiger partial charge in [0.1, 0.15) is 0 Å². The lowest BCUT2D eigenvalue weighted by Gasteiger charge is -2.35. The molecule has 7 heteroatoms. The largest absolute Gasteiger partial charge is 0.326 e. The first-order valence-corrected chi connectivity index (χ1v) is 9.56. The van der Waals surface area contributed by atoms with Gasteiger partial charge in [-0.3, -0.25) is 14.9 Å². The van der Waals surface area contributed by atoms with Gasteiger partial charge in [-0.1, -0.05) is 6.07 Å². The molecule has 3 aromatic rings. The first-order valence-electron chi connectivity index (χ1n) is 7.80. The monoisotopic (exact) mass is 370 g/mol. The van der Waals surface area contributed by atoms with Gasteiger partial charge in [0.25, 0.3) is 11.6 Å². The average Bonchev–Trinajstić information content (AvgIpc) is 3.31. The molecule has 5 nitrogen and oxygen atoms in total. The van der Waals surface area contributed by atoms with Crippen molar-refractivity contribution in [2.75, 3.05) is 6.54 Å². The maximum atomic E-state index is 13.1. The number of benzene rings is 1. The molecule has 0 spiro atoms. The fraction of sp³-hybridized carbons (Fsp3) is 0.167. The summed E-state index contributed by atoms with van der Waals surface area (Å²) in [6, 6.07) is 11.9. The Balaban J connectivity index is 1.70. The minimum Gasteiger partial charge on any atom is -0.326 e. The number of thiophene rings is 2. The maximum absolute atomic E-state index is 13.1. The number of nitro groups is 1. The first kappa shape index (κ1) is 16.0. The SMILES string of the molecule is O=C(c1ccc([N+](=O)[O-])cc1)N1CCc2sccc2[C@@H]1c1cccs1. The molecule has 0 saturated carbocycles. The van der Waals surface area contributed by atoms with E-state index in [1.54, 1.807) is 22.7 Å². The topological polar surface area (TPSA) is 63.4 Å². The standard InChI is InChI=1S/C18H14N2O3S2/c21-18(12-3-5-13(6-4-12)20(22)23)19-9-7-15-14(8-11-25-15)17(19)16-2-1-10-24-16/h1-6,8,10-11,17H,7,9H2/t17-/m1/s1. The van der Waals surface area contributed by atoms with Crippen molar-refractivity contribution < 1.29 is 9.72 Å². The van der Waals surface area contributed by atoms with Crippen LogP contribution in [0, 0.1) is 10.1 Å². The van der Waals surface area contributed by atoms with E-state index < -0.39 is 4.92 Å². The number of carbonyl (C=O) groups excluding carboxylic acids is 1. The number of carbonyl (C=O) groups is 1. The molecule has 0 bridgehead atoms. The Kier molecular flexibility index (Phi) is 4.10. The smallest absolute Gasteiger partial charge is 0.269 e. The molecule has 1 aromatic carbocycles. The summed E-state index contributed by atoms with van der Waals surface area (Å²) < 4.78 is 0. The molecule has 3 heterocycles. The van der Waals surface area contributed by atoms with Gasteiger partial charge in [-0.05, 0) is 47.0 Å². The number of fused-ring (bicyclic) bond motifs is 1. The molecule has 0 N–H and O–H groups in total. The van der Waals surface area contributed by atoms with Gasteiger partial charge in [0, 0.05) is 34.0 Å². The van der Waals surface area contributed by atoms with Crippen LogP contribution in [0.2, 0.25) is 0 Å². The maximum Gasteiger partial charge on any atom is 0.269 e. The molecule has 1 amide bonds. The van der Waals surface area contributed by atoms with Gasteiger partial charge in [-0.15, -0.1) is 22.7 Å². The Labute approximate surface area is 152 Å². The van der Waals surface area contributed by atoms with E-state index in [1.165, 1.54) is 34.7 Å². The van der Waals surface area contributed by atoms with Crippen LogP contribution >= 0.6 is 22.7 Å². The lowest BCUT2D eigenvalue weighted by Crippen LogP contribution is -2.39. The van der Waals surface area contributed by atoms with Crippen LogP contribution < -0.4 is 0 Å². The van der Waals surface area contributed by atoms with Crippen molar-refractivity contribution in [2.45, 2.75) is 12.5 Å². The van der Waals surface area contributed by atoms with Crippen molar-refractivity contribution in [1.82, 2.24) is 4.90 Å². The van der Waals surface area contributed by atoms with Crippen molar-refractivity contribution in [2.24, 2.45) is 0 Å². The molecule has 4 rings (SSSR count). The molecule has 0 aliphatic carbocycles. The third-order valence-corrected chi connectivity index (χ3v) is 6.29. The third kappa shape index (κ3) is 2.85. The first-order chi connectivity index (χ1) is 12.1. The van der Waals surface area contributed by atoms with Gasteiger partial charge in [0.15, 0.2) is 0 Å². The zero-order chi connectivity index (χ0) is 17.4. The van der Waals surface area contributed by atoms with Gasteiger partial charge < -0.3 is 4.90 Å². The van der Waals surface area contributed by atoms with Crippen LogP contribution in [-0.4, -0.2) is 22.3 Å². The summed E-state index contributed by atoms with van der Waals surface area (Å²) in [7, 11) is 0. The second-order valence-electron chi connectivity index (χ2n) is 5.77. The lowest BCUT2D eigenvalue weighted by molar-refractivity contribution is -0.384. The van der Waals surface area contributed by atoms with Crippen LogP contribution in [0.3, 0.4) is 0 Å². The number of nitro benzene ring substituents is 1. The highest BCUT2D eigenvalue weighted by molar-refractivity contribution is 7.10. The van der Waals surface area contributed by atoms with Gasteiger partial charge in [0.2, 0.25) is 0 Å². The zero-order valence-electron chi connectivity index (χ0n) is 13.1. The molecular formula is C18H14N2O3S2. The summed E-state index contributed by atoms with van der Waals surface area (Å²) in [5.41, 5.74) is 1.66. The number of nitrogens with zero attached hydrogens (tertiary/aromatic N) is 2. The van der Waals surface area contributed by atoms with E-state index in [9.17, 15) is 14.9 Å². The van der Waals surface area contributed by atoms with Gasteiger partial charge >= 0.3 is 0 Å². The molecule has 1 atom stereocenters. The number of rotatable bonds is 3.